The van der Waals surface area contributed by atoms with Crippen molar-refractivity contribution in [3.05, 3.63) is 41.5 Å². The lowest BCUT2D eigenvalue weighted by atomic mass is 9.85. The minimum absolute atomic E-state index is 0.127. The lowest BCUT2D eigenvalue weighted by molar-refractivity contribution is -0.137. The molecule has 8 nitrogen and oxygen atoms in total. The highest BCUT2D eigenvalue weighted by atomic mass is 16.4. The van der Waals surface area contributed by atoms with E-state index < -0.39 is 17.4 Å². The number of carboxylic acids is 1. The fourth-order valence-corrected chi connectivity index (χ4v) is 2.73. The van der Waals surface area contributed by atoms with Gasteiger partial charge in [0.15, 0.2) is 0 Å². The van der Waals surface area contributed by atoms with Crippen LogP contribution in [-0.4, -0.2) is 68.1 Å². The van der Waals surface area contributed by atoms with Crippen LogP contribution in [0, 0.1) is 5.41 Å². The SMILES string of the molecule is CCC.CNCC(=O)NC(C(=O)N(C)C/C=C(\C)C(=O)O)C(C)(C)C.CNc1ccc(C(C)C)cc1. The normalized spacial score (nSPS) is 11.8. The number of likely N-dealkylation sites (N-methyl/N-ethyl adjacent to an activating group) is 2. The molecule has 0 aliphatic rings. The molecule has 0 aliphatic carbocycles. The summed E-state index contributed by atoms with van der Waals surface area (Å²) in [5.74, 6) is -0.913. The van der Waals surface area contributed by atoms with E-state index in [-0.39, 0.29) is 30.5 Å². The van der Waals surface area contributed by atoms with Crippen LogP contribution in [0.1, 0.15) is 73.3 Å². The van der Waals surface area contributed by atoms with Gasteiger partial charge in [-0.05, 0) is 43.0 Å². The van der Waals surface area contributed by atoms with Gasteiger partial charge < -0.3 is 26.0 Å². The van der Waals surface area contributed by atoms with Crippen molar-refractivity contribution in [2.24, 2.45) is 5.41 Å². The zero-order valence-electron chi connectivity index (χ0n) is 24.3. The first-order valence-corrected chi connectivity index (χ1v) is 12.5. The highest BCUT2D eigenvalue weighted by Gasteiger charge is 2.34. The summed E-state index contributed by atoms with van der Waals surface area (Å²) in [6.45, 7) is 16.0. The van der Waals surface area contributed by atoms with Crippen molar-refractivity contribution in [3.63, 3.8) is 0 Å². The standard InChI is InChI=1S/C15H27N3O4.C10H15N.C3H8/c1-10(14(21)22)7-8-18(6)13(20)12(15(2,3)4)17-11(19)9-16-5;1-8(2)9-4-6-10(11-3)7-5-9;1-3-2/h7,12,16H,8-9H2,1-6H3,(H,17,19)(H,21,22);4-8,11H,1-3H3;3H2,1-2H3/b10-7+;;. The predicted octanol–water partition coefficient (Wildman–Crippen LogP) is 4.49. The maximum Gasteiger partial charge on any atom is 0.331 e. The third-order valence-electron chi connectivity index (χ3n) is 5.01. The van der Waals surface area contributed by atoms with E-state index in [1.807, 2.05) is 27.8 Å². The third-order valence-corrected chi connectivity index (χ3v) is 5.01. The molecule has 0 aliphatic heterocycles. The summed E-state index contributed by atoms with van der Waals surface area (Å²) < 4.78 is 0. The molecule has 1 atom stereocenters. The number of rotatable bonds is 9. The molecule has 4 N–H and O–H groups in total. The fourth-order valence-electron chi connectivity index (χ4n) is 2.73. The van der Waals surface area contributed by atoms with Crippen molar-refractivity contribution in [1.29, 1.82) is 0 Å². The number of carbonyl (C=O) groups excluding carboxylic acids is 2. The molecule has 1 rings (SSSR count). The molecule has 0 saturated heterocycles. The Morgan fingerprint density at radius 2 is 1.56 bits per heavy atom. The van der Waals surface area contributed by atoms with Crippen molar-refractivity contribution in [1.82, 2.24) is 15.5 Å². The van der Waals surface area contributed by atoms with Crippen LogP contribution in [0.5, 0.6) is 0 Å². The van der Waals surface area contributed by atoms with Crippen LogP contribution >= 0.6 is 0 Å². The van der Waals surface area contributed by atoms with Gasteiger partial charge in [-0.15, -0.1) is 0 Å². The molecule has 1 unspecified atom stereocenters. The van der Waals surface area contributed by atoms with Crippen molar-refractivity contribution in [2.75, 3.05) is 39.5 Å². The molecular formula is C28H50N4O4. The summed E-state index contributed by atoms with van der Waals surface area (Å²) in [6, 6.07) is 7.86. The van der Waals surface area contributed by atoms with Crippen LogP contribution in [0.25, 0.3) is 0 Å². The zero-order chi connectivity index (χ0) is 28.5. The number of hydrogen-bond donors (Lipinski definition) is 4. The number of benzene rings is 1. The number of nitrogens with one attached hydrogen (secondary N) is 3. The lowest BCUT2D eigenvalue weighted by Gasteiger charge is -2.33. The Hall–Kier alpha value is -2.87. The minimum Gasteiger partial charge on any atom is -0.478 e. The Bertz CT molecular complexity index is 812. The van der Waals surface area contributed by atoms with Crippen molar-refractivity contribution in [3.8, 4) is 0 Å². The van der Waals surface area contributed by atoms with E-state index in [2.05, 4.69) is 67.9 Å². The Labute approximate surface area is 218 Å². The first-order valence-electron chi connectivity index (χ1n) is 12.5. The Kier molecular flexibility index (Phi) is 18.0. The first-order chi connectivity index (χ1) is 16.7. The van der Waals surface area contributed by atoms with Gasteiger partial charge in [-0.1, -0.05) is 73.1 Å². The molecule has 206 valence electrons. The third kappa shape index (κ3) is 15.2. The summed E-state index contributed by atoms with van der Waals surface area (Å²) in [5.41, 5.74) is 2.28. The van der Waals surface area contributed by atoms with Gasteiger partial charge >= 0.3 is 5.97 Å². The average molecular weight is 507 g/mol. The maximum absolute atomic E-state index is 12.5. The molecule has 36 heavy (non-hydrogen) atoms. The molecule has 0 bridgehead atoms. The van der Waals surface area contributed by atoms with E-state index in [0.29, 0.717) is 5.92 Å². The van der Waals surface area contributed by atoms with E-state index in [4.69, 9.17) is 5.11 Å². The number of carbonyl (C=O) groups is 3. The van der Waals surface area contributed by atoms with Crippen LogP contribution in [0.3, 0.4) is 0 Å². The Morgan fingerprint density at radius 1 is 1.06 bits per heavy atom. The van der Waals surface area contributed by atoms with E-state index in [1.165, 1.54) is 35.6 Å². The van der Waals surface area contributed by atoms with Crippen LogP contribution < -0.4 is 16.0 Å². The highest BCUT2D eigenvalue weighted by molar-refractivity contribution is 5.89. The monoisotopic (exact) mass is 506 g/mol. The molecule has 0 spiro atoms. The number of nitrogens with zero attached hydrogens (tertiary/aromatic N) is 1. The molecule has 0 fully saturated rings. The van der Waals surface area contributed by atoms with Gasteiger partial charge in [-0.3, -0.25) is 9.59 Å². The van der Waals surface area contributed by atoms with E-state index in [1.54, 1.807) is 14.1 Å². The topological polar surface area (TPSA) is 111 Å². The molecule has 0 radical (unpaired) electrons. The number of aliphatic carboxylic acids is 1. The van der Waals surface area contributed by atoms with Crippen LogP contribution in [-0.2, 0) is 14.4 Å². The number of carboxylic acid groups (broad SMARTS) is 1. The molecule has 0 heterocycles. The van der Waals surface area contributed by atoms with E-state index >= 15 is 0 Å². The maximum atomic E-state index is 12.5. The summed E-state index contributed by atoms with van der Waals surface area (Å²) in [5, 5.41) is 17.4. The zero-order valence-corrected chi connectivity index (χ0v) is 24.3. The second-order valence-electron chi connectivity index (χ2n) is 10.0. The summed E-state index contributed by atoms with van der Waals surface area (Å²) in [6.07, 6.45) is 2.72. The van der Waals surface area contributed by atoms with Crippen LogP contribution in [0.2, 0.25) is 0 Å². The summed E-state index contributed by atoms with van der Waals surface area (Å²) in [7, 11) is 5.17. The van der Waals surface area contributed by atoms with Crippen molar-refractivity contribution in [2.45, 2.75) is 73.8 Å². The van der Waals surface area contributed by atoms with Gasteiger partial charge in [0, 0.05) is 31.9 Å². The number of hydrogen-bond acceptors (Lipinski definition) is 5. The Balaban J connectivity index is 0. The van der Waals surface area contributed by atoms with Gasteiger partial charge in [-0.2, -0.15) is 0 Å². The van der Waals surface area contributed by atoms with Crippen molar-refractivity contribution < 1.29 is 19.5 Å². The molecule has 0 saturated carbocycles. The van der Waals surface area contributed by atoms with Gasteiger partial charge in [0.05, 0.1) is 6.54 Å². The molecule has 8 heteroatoms. The molecular weight excluding hydrogens is 456 g/mol. The molecule has 1 aromatic rings. The van der Waals surface area contributed by atoms with E-state index in [0.717, 1.165) is 0 Å². The summed E-state index contributed by atoms with van der Waals surface area (Å²) >= 11 is 0. The minimum atomic E-state index is -1.02. The van der Waals surface area contributed by atoms with Gasteiger partial charge in [0.2, 0.25) is 11.8 Å². The lowest BCUT2D eigenvalue weighted by Crippen LogP contribution is -2.55. The summed E-state index contributed by atoms with van der Waals surface area (Å²) in [4.78, 5) is 36.4. The second-order valence-corrected chi connectivity index (χ2v) is 10.0. The van der Waals surface area contributed by atoms with Gasteiger partial charge in [0.1, 0.15) is 6.04 Å². The van der Waals surface area contributed by atoms with Crippen LogP contribution in [0.15, 0.2) is 35.9 Å². The smallest absolute Gasteiger partial charge is 0.331 e. The highest BCUT2D eigenvalue weighted by Crippen LogP contribution is 2.21. The number of amides is 2. The first kappa shape index (κ1) is 35.3. The van der Waals surface area contributed by atoms with Crippen LogP contribution in [0.4, 0.5) is 5.69 Å². The van der Waals surface area contributed by atoms with Gasteiger partial charge in [-0.25, -0.2) is 4.79 Å². The predicted molar refractivity (Wildman–Crippen MR) is 150 cm³/mol. The quantitative estimate of drug-likeness (QED) is 0.367. The molecule has 1 aromatic carbocycles. The van der Waals surface area contributed by atoms with Crippen molar-refractivity contribution >= 4 is 23.5 Å². The second kappa shape index (κ2) is 18.4. The number of anilines is 1. The molecule has 2 amide bonds. The molecule has 0 aromatic heterocycles. The largest absolute Gasteiger partial charge is 0.478 e. The van der Waals surface area contributed by atoms with E-state index in [9.17, 15) is 14.4 Å². The Morgan fingerprint density at radius 3 is 1.92 bits per heavy atom. The van der Waals surface area contributed by atoms with Gasteiger partial charge in [0.25, 0.3) is 0 Å². The average Bonchev–Trinajstić information content (AvgIpc) is 2.80. The fraction of sp³-hybridized carbons (Fsp3) is 0.607.